The van der Waals surface area contributed by atoms with Crippen LogP contribution in [0.1, 0.15) is 20.3 Å². The maximum Gasteiger partial charge on any atom is 0.275 e. The molecule has 0 aromatic heterocycles. The predicted octanol–water partition coefficient (Wildman–Crippen LogP) is -0.989. The fourth-order valence-electron chi connectivity index (χ4n) is 2.49. The van der Waals surface area contributed by atoms with Gasteiger partial charge in [-0.2, -0.15) is 5.84 Å². The summed E-state index contributed by atoms with van der Waals surface area (Å²) < 4.78 is 1.42. The van der Waals surface area contributed by atoms with Crippen LogP contribution >= 0.6 is 0 Å². The van der Waals surface area contributed by atoms with Gasteiger partial charge in [-0.25, -0.2) is 4.59 Å². The van der Waals surface area contributed by atoms with Crippen molar-refractivity contribution in [3.05, 3.63) is 0 Å². The fraction of sp³-hybridized carbons (Fsp3) is 0.923. The van der Waals surface area contributed by atoms with Crippen LogP contribution in [0, 0.1) is 0 Å². The zero-order valence-corrected chi connectivity index (χ0v) is 12.7. The largest absolute Gasteiger partial charge is 0.351 e. The number of nitrogens with one attached hydrogen (secondary N) is 1. The lowest BCUT2D eigenvalue weighted by Gasteiger charge is -2.46. The smallest absolute Gasteiger partial charge is 0.275 e. The molecule has 1 rings (SSSR count). The standard InChI is InChI=1S/C13H30N5O/c1-12(2)18(15)9-7-17(3,8-10-18)11-13(19)16-6-4-5-14/h12H,4-11,14-15H2,1-3H3/q+1/p+1. The zero-order valence-electron chi connectivity index (χ0n) is 12.7. The van der Waals surface area contributed by atoms with Gasteiger partial charge in [-0.1, -0.05) is 0 Å². The Labute approximate surface area is 116 Å². The number of carbonyl (C=O) groups excluding carboxylic acids is 1. The van der Waals surface area contributed by atoms with Crippen molar-refractivity contribution in [1.29, 1.82) is 0 Å². The number of likely N-dealkylation sites (N-methyl/N-ethyl adjacent to an activating group) is 1. The third kappa shape index (κ3) is 4.72. The van der Waals surface area contributed by atoms with E-state index >= 15 is 0 Å². The van der Waals surface area contributed by atoms with Crippen LogP contribution in [0.25, 0.3) is 0 Å². The van der Waals surface area contributed by atoms with Gasteiger partial charge in [0.1, 0.15) is 32.2 Å². The second-order valence-corrected chi connectivity index (χ2v) is 6.36. The molecule has 5 N–H and O–H groups in total. The first-order valence-electron chi connectivity index (χ1n) is 7.27. The van der Waals surface area contributed by atoms with E-state index in [1.54, 1.807) is 0 Å². The molecule has 0 saturated carbocycles. The van der Waals surface area contributed by atoms with Gasteiger partial charge in [0.15, 0.2) is 6.54 Å². The normalized spacial score (nSPS) is 31.5. The van der Waals surface area contributed by atoms with E-state index in [4.69, 9.17) is 11.6 Å². The number of rotatable bonds is 6. The lowest BCUT2D eigenvalue weighted by Crippen LogP contribution is -2.71. The maximum atomic E-state index is 11.9. The van der Waals surface area contributed by atoms with Gasteiger partial charge < -0.3 is 15.5 Å². The number of nitrogens with zero attached hydrogens (tertiary/aromatic N) is 2. The molecule has 19 heavy (non-hydrogen) atoms. The second-order valence-electron chi connectivity index (χ2n) is 6.36. The SMILES string of the molecule is CC(C)[N+]1(N)CC[N+](C)(CC(=O)NCCCN)CC1. The Bertz CT molecular complexity index is 297. The van der Waals surface area contributed by atoms with Crippen LogP contribution in [0.4, 0.5) is 0 Å². The number of quaternary nitrogens is 2. The van der Waals surface area contributed by atoms with Crippen molar-refractivity contribution in [2.24, 2.45) is 11.6 Å². The minimum absolute atomic E-state index is 0.123. The van der Waals surface area contributed by atoms with Crippen molar-refractivity contribution in [2.75, 3.05) is 52.9 Å². The highest BCUT2D eigenvalue weighted by Crippen LogP contribution is 2.16. The Balaban J connectivity index is 2.41. The number of nitrogens with two attached hydrogens (primary N) is 2. The topological polar surface area (TPSA) is 81.1 Å². The summed E-state index contributed by atoms with van der Waals surface area (Å²) >= 11 is 0. The number of hydrogen-bond acceptors (Lipinski definition) is 3. The molecule has 1 aliphatic heterocycles. The quantitative estimate of drug-likeness (QED) is 0.330. The van der Waals surface area contributed by atoms with E-state index < -0.39 is 0 Å². The fourth-order valence-corrected chi connectivity index (χ4v) is 2.49. The summed E-state index contributed by atoms with van der Waals surface area (Å²) in [5.74, 6) is 6.49. The highest BCUT2D eigenvalue weighted by molar-refractivity contribution is 5.77. The molecule has 0 atom stereocenters. The van der Waals surface area contributed by atoms with Crippen molar-refractivity contribution in [3.63, 3.8) is 0 Å². The molecule has 1 heterocycles. The van der Waals surface area contributed by atoms with Crippen molar-refractivity contribution < 1.29 is 13.9 Å². The minimum Gasteiger partial charge on any atom is -0.351 e. The van der Waals surface area contributed by atoms with Gasteiger partial charge >= 0.3 is 0 Å². The van der Waals surface area contributed by atoms with Crippen LogP contribution in [-0.2, 0) is 4.79 Å². The van der Waals surface area contributed by atoms with Crippen molar-refractivity contribution in [3.8, 4) is 0 Å². The maximum absolute atomic E-state index is 11.9. The van der Waals surface area contributed by atoms with E-state index in [2.05, 4.69) is 26.2 Å². The van der Waals surface area contributed by atoms with E-state index in [1.165, 1.54) is 0 Å². The molecule has 0 bridgehead atoms. The van der Waals surface area contributed by atoms with Gasteiger partial charge in [0, 0.05) is 6.54 Å². The van der Waals surface area contributed by atoms with E-state index in [1.807, 2.05) is 0 Å². The molecular formula is C13H31N5O+2. The summed E-state index contributed by atoms with van der Waals surface area (Å²) in [5.41, 5.74) is 5.41. The first kappa shape index (κ1) is 16.4. The summed E-state index contributed by atoms with van der Waals surface area (Å²) in [4.78, 5) is 11.9. The van der Waals surface area contributed by atoms with Gasteiger partial charge in [-0.05, 0) is 26.8 Å². The molecule has 0 aromatic rings. The van der Waals surface area contributed by atoms with Gasteiger partial charge in [-0.15, -0.1) is 0 Å². The van der Waals surface area contributed by atoms with Crippen molar-refractivity contribution in [1.82, 2.24) is 5.32 Å². The molecule has 0 radical (unpaired) electrons. The van der Waals surface area contributed by atoms with Crippen molar-refractivity contribution >= 4 is 5.91 Å². The lowest BCUT2D eigenvalue weighted by atomic mass is 10.2. The third-order valence-electron chi connectivity index (χ3n) is 4.37. The first-order valence-corrected chi connectivity index (χ1v) is 7.27. The molecule has 1 fully saturated rings. The molecule has 0 spiro atoms. The average Bonchev–Trinajstić information content (AvgIpc) is 2.33. The second kappa shape index (κ2) is 6.65. The zero-order chi connectivity index (χ0) is 14.5. The van der Waals surface area contributed by atoms with Crippen molar-refractivity contribution in [2.45, 2.75) is 26.3 Å². The van der Waals surface area contributed by atoms with Crippen LogP contribution < -0.4 is 16.9 Å². The predicted molar refractivity (Wildman–Crippen MR) is 76.8 cm³/mol. The monoisotopic (exact) mass is 273 g/mol. The average molecular weight is 273 g/mol. The number of piperazine rings is 1. The summed E-state index contributed by atoms with van der Waals surface area (Å²) in [6.07, 6.45) is 0.839. The van der Waals surface area contributed by atoms with Crippen LogP contribution in [0.15, 0.2) is 0 Å². The number of amides is 1. The molecule has 0 unspecified atom stereocenters. The molecule has 112 valence electrons. The van der Waals surface area contributed by atoms with E-state index in [-0.39, 0.29) is 5.91 Å². The first-order chi connectivity index (χ1) is 8.81. The van der Waals surface area contributed by atoms with Crippen LogP contribution in [-0.4, -0.2) is 73.9 Å². The van der Waals surface area contributed by atoms with Crippen LogP contribution in [0.5, 0.6) is 0 Å². The van der Waals surface area contributed by atoms with Gasteiger partial charge in [0.25, 0.3) is 5.91 Å². The van der Waals surface area contributed by atoms with Gasteiger partial charge in [0.2, 0.25) is 0 Å². The lowest BCUT2D eigenvalue weighted by molar-refractivity contribution is -1.04. The van der Waals surface area contributed by atoms with Gasteiger partial charge in [-0.3, -0.25) is 4.79 Å². The summed E-state index contributed by atoms with van der Waals surface area (Å²) in [5, 5.41) is 2.93. The molecule has 1 saturated heterocycles. The molecular weight excluding hydrogens is 242 g/mol. The number of hydrogen-bond donors (Lipinski definition) is 3. The van der Waals surface area contributed by atoms with E-state index in [0.717, 1.165) is 37.1 Å². The molecule has 6 nitrogen and oxygen atoms in total. The highest BCUT2D eigenvalue weighted by Gasteiger charge is 2.40. The van der Waals surface area contributed by atoms with Crippen LogP contribution in [0.2, 0.25) is 0 Å². The minimum atomic E-state index is 0.123. The summed E-state index contributed by atoms with van der Waals surface area (Å²) in [6, 6.07) is 0.437. The summed E-state index contributed by atoms with van der Waals surface area (Å²) in [6.45, 7) is 9.95. The molecule has 1 amide bonds. The molecule has 0 aromatic carbocycles. The van der Waals surface area contributed by atoms with Crippen LogP contribution in [0.3, 0.4) is 0 Å². The Morgan fingerprint density at radius 2 is 1.84 bits per heavy atom. The Morgan fingerprint density at radius 1 is 1.26 bits per heavy atom. The Morgan fingerprint density at radius 3 is 2.32 bits per heavy atom. The molecule has 0 aliphatic carbocycles. The highest BCUT2D eigenvalue weighted by atomic mass is 16.2. The van der Waals surface area contributed by atoms with E-state index in [0.29, 0.717) is 30.3 Å². The molecule has 1 aliphatic rings. The molecule has 6 heteroatoms. The Kier molecular flexibility index (Phi) is 5.73. The Hall–Kier alpha value is -0.690. The third-order valence-corrected chi connectivity index (χ3v) is 4.37. The van der Waals surface area contributed by atoms with E-state index in [9.17, 15) is 4.79 Å². The van der Waals surface area contributed by atoms with Gasteiger partial charge in [0.05, 0.1) is 7.05 Å². The summed E-state index contributed by atoms with van der Waals surface area (Å²) in [7, 11) is 2.15. The number of carbonyl (C=O) groups is 1.